The van der Waals surface area contributed by atoms with Gasteiger partial charge in [-0.2, -0.15) is 5.26 Å². The van der Waals surface area contributed by atoms with Crippen LogP contribution < -0.4 is 0 Å². The Bertz CT molecular complexity index is 643. The quantitative estimate of drug-likeness (QED) is 0.924. The molecule has 110 valence electrons. The highest BCUT2D eigenvalue weighted by atomic mass is 35.5. The van der Waals surface area contributed by atoms with Crippen LogP contribution >= 0.6 is 11.6 Å². The van der Waals surface area contributed by atoms with E-state index in [0.717, 1.165) is 11.3 Å². The summed E-state index contributed by atoms with van der Waals surface area (Å²) in [5, 5.41) is 19.7. The molecule has 0 aliphatic heterocycles. The molecule has 2 aromatic rings. The fourth-order valence-corrected chi connectivity index (χ4v) is 2.52. The maximum atomic E-state index is 10.2. The van der Waals surface area contributed by atoms with Gasteiger partial charge in [0, 0.05) is 32.0 Å². The molecule has 0 fully saturated rings. The summed E-state index contributed by atoms with van der Waals surface area (Å²) in [5.41, 5.74) is 2.50. The summed E-state index contributed by atoms with van der Waals surface area (Å²) in [6.45, 7) is 1.21. The molecule has 0 aliphatic rings. The van der Waals surface area contributed by atoms with E-state index in [0.29, 0.717) is 23.7 Å². The molecule has 21 heavy (non-hydrogen) atoms. The molecule has 0 spiro atoms. The first-order valence-corrected chi connectivity index (χ1v) is 7.05. The molecule has 1 heterocycles. The van der Waals surface area contributed by atoms with Crippen molar-refractivity contribution >= 4 is 11.6 Å². The minimum Gasteiger partial charge on any atom is -0.387 e. The molecule has 1 N–H and O–H groups in total. The Kier molecular flexibility index (Phi) is 5.03. The maximum Gasteiger partial charge on any atom is 0.0991 e. The van der Waals surface area contributed by atoms with Crippen LogP contribution in [0, 0.1) is 11.3 Å². The van der Waals surface area contributed by atoms with Gasteiger partial charge in [-0.25, -0.2) is 0 Å². The second-order valence-corrected chi connectivity index (χ2v) is 5.64. The van der Waals surface area contributed by atoms with E-state index in [2.05, 4.69) is 6.07 Å². The molecule has 0 saturated heterocycles. The van der Waals surface area contributed by atoms with Gasteiger partial charge in [0.25, 0.3) is 0 Å². The van der Waals surface area contributed by atoms with Gasteiger partial charge in [0.2, 0.25) is 0 Å². The third-order valence-electron chi connectivity index (χ3n) is 3.42. The molecule has 0 saturated carbocycles. The summed E-state index contributed by atoms with van der Waals surface area (Å²) in [6, 6.07) is 11.0. The third kappa shape index (κ3) is 4.08. The number of likely N-dealkylation sites (N-methyl/N-ethyl adjacent to an activating group) is 1. The minimum absolute atomic E-state index is 0.509. The summed E-state index contributed by atoms with van der Waals surface area (Å²) in [6.07, 6.45) is 1.28. The highest BCUT2D eigenvalue weighted by molar-refractivity contribution is 6.30. The van der Waals surface area contributed by atoms with Crippen LogP contribution in [0.5, 0.6) is 0 Å². The zero-order valence-electron chi connectivity index (χ0n) is 12.1. The first-order chi connectivity index (χ1) is 9.99. The number of benzene rings is 1. The van der Waals surface area contributed by atoms with Crippen LogP contribution in [-0.2, 0) is 13.6 Å². The average Bonchev–Trinajstić information content (AvgIpc) is 2.76. The lowest BCUT2D eigenvalue weighted by Gasteiger charge is -2.21. The van der Waals surface area contributed by atoms with Crippen LogP contribution in [0.1, 0.15) is 22.9 Å². The van der Waals surface area contributed by atoms with E-state index >= 15 is 0 Å². The summed E-state index contributed by atoms with van der Waals surface area (Å²) in [5.74, 6) is 0. The van der Waals surface area contributed by atoms with Gasteiger partial charge in [0.15, 0.2) is 0 Å². The molecule has 0 amide bonds. The highest BCUT2D eigenvalue weighted by Crippen LogP contribution is 2.17. The zero-order chi connectivity index (χ0) is 15.4. The Balaban J connectivity index is 1.96. The maximum absolute atomic E-state index is 10.2. The number of hydrogen-bond donors (Lipinski definition) is 1. The van der Waals surface area contributed by atoms with Crippen LogP contribution in [0.15, 0.2) is 36.5 Å². The molecule has 0 bridgehead atoms. The van der Waals surface area contributed by atoms with E-state index in [1.165, 1.54) is 0 Å². The Hall–Kier alpha value is -1.80. The second kappa shape index (κ2) is 6.77. The monoisotopic (exact) mass is 303 g/mol. The van der Waals surface area contributed by atoms with Gasteiger partial charge < -0.3 is 9.67 Å². The fraction of sp³-hybridized carbons (Fsp3) is 0.312. The van der Waals surface area contributed by atoms with Crippen molar-refractivity contribution in [1.82, 2.24) is 9.47 Å². The van der Waals surface area contributed by atoms with Gasteiger partial charge in [-0.15, -0.1) is 0 Å². The molecular weight excluding hydrogens is 286 g/mol. The molecule has 1 aromatic heterocycles. The lowest BCUT2D eigenvalue weighted by Crippen LogP contribution is -2.25. The van der Waals surface area contributed by atoms with Crippen LogP contribution in [0.4, 0.5) is 0 Å². The predicted octanol–water partition coefficient (Wildman–Crippen LogP) is 2.72. The largest absolute Gasteiger partial charge is 0.387 e. The van der Waals surface area contributed by atoms with Gasteiger partial charge in [0.1, 0.15) is 0 Å². The fourth-order valence-electron chi connectivity index (χ4n) is 2.24. The number of aromatic nitrogens is 1. The van der Waals surface area contributed by atoms with E-state index in [4.69, 9.17) is 16.9 Å². The SMILES string of the molecule is CN(Cc1cc(Cl)cn1C)CC(O)c1ccc(C#N)cc1. The smallest absolute Gasteiger partial charge is 0.0991 e. The third-order valence-corrected chi connectivity index (χ3v) is 3.62. The van der Waals surface area contributed by atoms with Crippen LogP contribution in [-0.4, -0.2) is 28.2 Å². The second-order valence-electron chi connectivity index (χ2n) is 5.21. The van der Waals surface area contributed by atoms with Crippen molar-refractivity contribution in [1.29, 1.82) is 5.26 Å². The number of nitrogens with zero attached hydrogens (tertiary/aromatic N) is 3. The summed E-state index contributed by atoms with van der Waals surface area (Å²) >= 11 is 5.96. The van der Waals surface area contributed by atoms with E-state index in [-0.39, 0.29) is 0 Å². The highest BCUT2D eigenvalue weighted by Gasteiger charge is 2.12. The molecule has 0 aliphatic carbocycles. The summed E-state index contributed by atoms with van der Waals surface area (Å²) < 4.78 is 1.98. The number of aliphatic hydroxyl groups excluding tert-OH is 1. The predicted molar refractivity (Wildman–Crippen MR) is 82.9 cm³/mol. The standard InChI is InChI=1S/C16H18ClN3O/c1-19(10-15-7-14(17)9-20(15)2)11-16(21)13-5-3-12(8-18)4-6-13/h3-7,9,16,21H,10-11H2,1-2H3. The van der Waals surface area contributed by atoms with Gasteiger partial charge >= 0.3 is 0 Å². The minimum atomic E-state index is -0.585. The number of aryl methyl sites for hydroxylation is 1. The van der Waals surface area contributed by atoms with Gasteiger partial charge in [-0.3, -0.25) is 4.90 Å². The molecule has 4 nitrogen and oxygen atoms in total. The van der Waals surface area contributed by atoms with Gasteiger partial charge in [-0.05, 0) is 30.8 Å². The normalized spacial score (nSPS) is 12.4. The van der Waals surface area contributed by atoms with E-state index in [1.807, 2.05) is 35.8 Å². The van der Waals surface area contributed by atoms with E-state index in [9.17, 15) is 5.11 Å². The molecule has 0 radical (unpaired) electrons. The summed E-state index contributed by atoms with van der Waals surface area (Å²) in [7, 11) is 3.90. The number of aliphatic hydroxyl groups is 1. The number of nitriles is 1. The van der Waals surface area contributed by atoms with Crippen LogP contribution in [0.3, 0.4) is 0 Å². The van der Waals surface area contributed by atoms with Gasteiger partial charge in [-0.1, -0.05) is 23.7 Å². The molecule has 1 aromatic carbocycles. The number of rotatable bonds is 5. The Morgan fingerprint density at radius 2 is 2.05 bits per heavy atom. The Morgan fingerprint density at radius 1 is 1.38 bits per heavy atom. The molecule has 1 atom stereocenters. The molecular formula is C16H18ClN3O. The van der Waals surface area contributed by atoms with Crippen molar-refractivity contribution in [2.45, 2.75) is 12.6 Å². The number of hydrogen-bond acceptors (Lipinski definition) is 3. The lowest BCUT2D eigenvalue weighted by molar-refractivity contribution is 0.123. The average molecular weight is 304 g/mol. The van der Waals surface area contributed by atoms with Crippen molar-refractivity contribution < 1.29 is 5.11 Å². The summed E-state index contributed by atoms with van der Waals surface area (Å²) in [4.78, 5) is 2.04. The van der Waals surface area contributed by atoms with Crippen molar-refractivity contribution in [3.05, 3.63) is 58.4 Å². The Morgan fingerprint density at radius 3 is 2.57 bits per heavy atom. The van der Waals surface area contributed by atoms with Crippen molar-refractivity contribution in [3.63, 3.8) is 0 Å². The molecule has 5 heteroatoms. The molecule has 1 unspecified atom stereocenters. The van der Waals surface area contributed by atoms with Crippen molar-refractivity contribution in [3.8, 4) is 6.07 Å². The zero-order valence-corrected chi connectivity index (χ0v) is 12.9. The van der Waals surface area contributed by atoms with Crippen molar-refractivity contribution in [2.24, 2.45) is 7.05 Å². The first-order valence-electron chi connectivity index (χ1n) is 6.67. The van der Waals surface area contributed by atoms with E-state index in [1.54, 1.807) is 24.3 Å². The van der Waals surface area contributed by atoms with E-state index < -0.39 is 6.10 Å². The van der Waals surface area contributed by atoms with Gasteiger partial charge in [0.05, 0.1) is 22.8 Å². The lowest BCUT2D eigenvalue weighted by atomic mass is 10.1. The first kappa shape index (κ1) is 15.6. The number of halogens is 1. The van der Waals surface area contributed by atoms with Crippen molar-refractivity contribution in [2.75, 3.05) is 13.6 Å². The Labute approximate surface area is 129 Å². The molecule has 2 rings (SSSR count). The topological polar surface area (TPSA) is 52.2 Å². The van der Waals surface area contributed by atoms with Crippen LogP contribution in [0.25, 0.3) is 0 Å². The van der Waals surface area contributed by atoms with Crippen LogP contribution in [0.2, 0.25) is 5.02 Å².